The minimum Gasteiger partial charge on any atom is -0.394 e. The molecule has 0 radical (unpaired) electrons. The number of aryl methyl sites for hydroxylation is 1. The molecule has 94 valence electrons. The molecule has 0 spiro atoms. The Bertz CT molecular complexity index is 576. The standard InChI is InChI=1S/C14H15BrN2O/c1-2-10-3-5-11(6-4-10)7-17-8-12(15)14(18)13(16)9-17/h3-6,8-9H,2,7,16H2,1H3. The van der Waals surface area contributed by atoms with Gasteiger partial charge in [-0.15, -0.1) is 0 Å². The third-order valence-electron chi connectivity index (χ3n) is 2.86. The van der Waals surface area contributed by atoms with Gasteiger partial charge in [0.15, 0.2) is 0 Å². The van der Waals surface area contributed by atoms with Gasteiger partial charge in [-0.3, -0.25) is 4.79 Å². The number of nitrogen functional groups attached to an aromatic ring is 1. The second-order valence-electron chi connectivity index (χ2n) is 4.23. The fraction of sp³-hybridized carbons (Fsp3) is 0.214. The van der Waals surface area contributed by atoms with Crippen LogP contribution in [0.15, 0.2) is 45.9 Å². The summed E-state index contributed by atoms with van der Waals surface area (Å²) in [5, 5.41) is 0. The third kappa shape index (κ3) is 2.82. The summed E-state index contributed by atoms with van der Waals surface area (Å²) in [6, 6.07) is 8.44. The predicted octanol–water partition coefficient (Wildman–Crippen LogP) is 2.80. The zero-order valence-corrected chi connectivity index (χ0v) is 11.8. The zero-order valence-electron chi connectivity index (χ0n) is 10.2. The van der Waals surface area contributed by atoms with Crippen LogP contribution in [-0.2, 0) is 13.0 Å². The van der Waals surface area contributed by atoms with Crippen molar-refractivity contribution in [3.05, 3.63) is 62.5 Å². The largest absolute Gasteiger partial charge is 0.394 e. The Hall–Kier alpha value is -1.55. The van der Waals surface area contributed by atoms with E-state index in [1.165, 1.54) is 11.1 Å². The lowest BCUT2D eigenvalue weighted by atomic mass is 10.1. The fourth-order valence-electron chi connectivity index (χ4n) is 1.80. The van der Waals surface area contributed by atoms with Crippen LogP contribution in [0.4, 0.5) is 5.69 Å². The summed E-state index contributed by atoms with van der Waals surface area (Å²) in [4.78, 5) is 11.5. The second kappa shape index (κ2) is 5.40. The van der Waals surface area contributed by atoms with E-state index < -0.39 is 0 Å². The molecule has 1 aromatic heterocycles. The summed E-state index contributed by atoms with van der Waals surface area (Å²) < 4.78 is 2.40. The average Bonchev–Trinajstić information content (AvgIpc) is 2.37. The Morgan fingerprint density at radius 3 is 2.33 bits per heavy atom. The Labute approximate surface area is 114 Å². The van der Waals surface area contributed by atoms with Gasteiger partial charge in [-0.25, -0.2) is 0 Å². The van der Waals surface area contributed by atoms with Gasteiger partial charge in [0, 0.05) is 18.9 Å². The quantitative estimate of drug-likeness (QED) is 0.948. The first-order valence-corrected chi connectivity index (χ1v) is 6.62. The van der Waals surface area contributed by atoms with Crippen LogP contribution in [0.1, 0.15) is 18.1 Å². The van der Waals surface area contributed by atoms with Crippen molar-refractivity contribution in [2.75, 3.05) is 5.73 Å². The molecule has 0 aliphatic carbocycles. The highest BCUT2D eigenvalue weighted by atomic mass is 79.9. The second-order valence-corrected chi connectivity index (χ2v) is 5.09. The van der Waals surface area contributed by atoms with Crippen molar-refractivity contribution in [1.82, 2.24) is 4.57 Å². The molecule has 1 aromatic carbocycles. The molecule has 2 N–H and O–H groups in total. The SMILES string of the molecule is CCc1ccc(Cn2cc(N)c(=O)c(Br)c2)cc1. The van der Waals surface area contributed by atoms with Gasteiger partial charge >= 0.3 is 0 Å². The van der Waals surface area contributed by atoms with E-state index in [1.807, 2.05) is 4.57 Å². The number of aromatic nitrogens is 1. The summed E-state index contributed by atoms with van der Waals surface area (Å²) in [6.45, 7) is 2.83. The molecule has 0 saturated heterocycles. The van der Waals surface area contributed by atoms with Crippen LogP contribution in [0.3, 0.4) is 0 Å². The number of anilines is 1. The normalized spacial score (nSPS) is 10.6. The Kier molecular flexibility index (Phi) is 3.87. The maximum atomic E-state index is 11.5. The van der Waals surface area contributed by atoms with Gasteiger partial charge in [-0.1, -0.05) is 31.2 Å². The number of benzene rings is 1. The molecule has 1 heterocycles. The first-order chi connectivity index (χ1) is 8.60. The van der Waals surface area contributed by atoms with Crippen LogP contribution in [0, 0.1) is 0 Å². The van der Waals surface area contributed by atoms with Crippen molar-refractivity contribution in [3.8, 4) is 0 Å². The highest BCUT2D eigenvalue weighted by Crippen LogP contribution is 2.10. The van der Waals surface area contributed by atoms with Gasteiger partial charge in [-0.05, 0) is 33.5 Å². The number of rotatable bonds is 3. The van der Waals surface area contributed by atoms with E-state index in [4.69, 9.17) is 5.73 Å². The number of hydrogen-bond donors (Lipinski definition) is 1. The molecular weight excluding hydrogens is 292 g/mol. The third-order valence-corrected chi connectivity index (χ3v) is 3.42. The van der Waals surface area contributed by atoms with E-state index in [2.05, 4.69) is 47.1 Å². The minimum atomic E-state index is -0.160. The Balaban J connectivity index is 2.25. The molecule has 2 aromatic rings. The molecule has 3 nitrogen and oxygen atoms in total. The number of nitrogens with two attached hydrogens (primary N) is 1. The van der Waals surface area contributed by atoms with Gasteiger partial charge in [0.25, 0.3) is 0 Å². The van der Waals surface area contributed by atoms with Gasteiger partial charge in [0.1, 0.15) is 0 Å². The van der Waals surface area contributed by atoms with Gasteiger partial charge < -0.3 is 10.3 Å². The summed E-state index contributed by atoms with van der Waals surface area (Å²) >= 11 is 3.22. The Morgan fingerprint density at radius 1 is 1.17 bits per heavy atom. The highest BCUT2D eigenvalue weighted by molar-refractivity contribution is 9.10. The molecule has 2 rings (SSSR count). The van der Waals surface area contributed by atoms with Crippen molar-refractivity contribution in [3.63, 3.8) is 0 Å². The summed E-state index contributed by atoms with van der Waals surface area (Å²) in [7, 11) is 0. The lowest BCUT2D eigenvalue weighted by molar-refractivity contribution is 0.787. The lowest BCUT2D eigenvalue weighted by Gasteiger charge is -2.09. The van der Waals surface area contributed by atoms with E-state index in [-0.39, 0.29) is 11.1 Å². The number of pyridine rings is 1. The number of nitrogens with zero attached hydrogens (tertiary/aromatic N) is 1. The molecule has 0 bridgehead atoms. The van der Waals surface area contributed by atoms with Crippen molar-refractivity contribution in [2.45, 2.75) is 19.9 Å². The van der Waals surface area contributed by atoms with Crippen molar-refractivity contribution in [1.29, 1.82) is 0 Å². The van der Waals surface area contributed by atoms with Crippen LogP contribution >= 0.6 is 15.9 Å². The molecule has 0 atom stereocenters. The van der Waals surface area contributed by atoms with E-state index in [9.17, 15) is 4.79 Å². The molecular formula is C14H15BrN2O. The summed E-state index contributed by atoms with van der Waals surface area (Å²) in [5.41, 5.74) is 8.26. The molecule has 4 heteroatoms. The highest BCUT2D eigenvalue weighted by Gasteiger charge is 2.02. The van der Waals surface area contributed by atoms with E-state index in [1.54, 1.807) is 12.4 Å². The first-order valence-electron chi connectivity index (χ1n) is 5.83. The molecule has 0 fully saturated rings. The smallest absolute Gasteiger partial charge is 0.218 e. The van der Waals surface area contributed by atoms with E-state index in [0.29, 0.717) is 11.0 Å². The molecule has 0 aliphatic heterocycles. The minimum absolute atomic E-state index is 0.160. The topological polar surface area (TPSA) is 48.0 Å². The number of halogens is 1. The van der Waals surface area contributed by atoms with E-state index >= 15 is 0 Å². The molecule has 18 heavy (non-hydrogen) atoms. The van der Waals surface area contributed by atoms with Gasteiger partial charge in [0.2, 0.25) is 5.43 Å². The predicted molar refractivity (Wildman–Crippen MR) is 77.7 cm³/mol. The van der Waals surface area contributed by atoms with Gasteiger partial charge in [0.05, 0.1) is 10.2 Å². The maximum Gasteiger partial charge on any atom is 0.218 e. The first kappa shape index (κ1) is 12.9. The molecule has 0 amide bonds. The van der Waals surface area contributed by atoms with Crippen LogP contribution in [0.25, 0.3) is 0 Å². The lowest BCUT2D eigenvalue weighted by Crippen LogP contribution is -2.13. The maximum absolute atomic E-state index is 11.5. The van der Waals surface area contributed by atoms with Gasteiger partial charge in [-0.2, -0.15) is 0 Å². The fourth-order valence-corrected chi connectivity index (χ4v) is 2.29. The van der Waals surface area contributed by atoms with Crippen molar-refractivity contribution in [2.24, 2.45) is 0 Å². The van der Waals surface area contributed by atoms with Crippen LogP contribution in [-0.4, -0.2) is 4.57 Å². The average molecular weight is 307 g/mol. The summed E-state index contributed by atoms with van der Waals surface area (Å²) in [6.07, 6.45) is 4.46. The van der Waals surface area contributed by atoms with Crippen LogP contribution in [0.2, 0.25) is 0 Å². The monoisotopic (exact) mass is 306 g/mol. The molecule has 0 saturated carbocycles. The molecule has 0 aliphatic rings. The van der Waals surface area contributed by atoms with E-state index in [0.717, 1.165) is 6.42 Å². The van der Waals surface area contributed by atoms with Crippen molar-refractivity contribution >= 4 is 21.6 Å². The van der Waals surface area contributed by atoms with Crippen LogP contribution in [0.5, 0.6) is 0 Å². The number of hydrogen-bond acceptors (Lipinski definition) is 2. The molecule has 0 unspecified atom stereocenters. The van der Waals surface area contributed by atoms with Crippen LogP contribution < -0.4 is 11.2 Å². The Morgan fingerprint density at radius 2 is 1.78 bits per heavy atom. The summed E-state index contributed by atoms with van der Waals surface area (Å²) in [5.74, 6) is 0. The zero-order chi connectivity index (χ0) is 13.1. The van der Waals surface area contributed by atoms with Crippen molar-refractivity contribution < 1.29 is 0 Å².